The number of hydrogen-bond acceptors (Lipinski definition) is 6. The summed E-state index contributed by atoms with van der Waals surface area (Å²) in [7, 11) is 0. The summed E-state index contributed by atoms with van der Waals surface area (Å²) in [5, 5.41) is 8.93. The molecule has 1 atom stereocenters. The van der Waals surface area contributed by atoms with Crippen LogP contribution in [0.1, 0.15) is 79.0 Å². The highest BCUT2D eigenvalue weighted by Gasteiger charge is 2.45. The molecule has 0 saturated carbocycles. The molecule has 1 unspecified atom stereocenters. The molecule has 0 spiro atoms. The van der Waals surface area contributed by atoms with Crippen molar-refractivity contribution in [3.8, 4) is 0 Å². The summed E-state index contributed by atoms with van der Waals surface area (Å²) in [6.45, 7) is 12.1. The van der Waals surface area contributed by atoms with Crippen molar-refractivity contribution in [3.63, 3.8) is 0 Å². The van der Waals surface area contributed by atoms with E-state index in [4.69, 9.17) is 0 Å². The number of anilines is 1. The number of nitrogens with zero attached hydrogens (tertiary/aromatic N) is 1. The predicted molar refractivity (Wildman–Crippen MR) is 154 cm³/mol. The van der Waals surface area contributed by atoms with Crippen LogP contribution in [0, 0.1) is 0 Å². The molecule has 2 aliphatic heterocycles. The van der Waals surface area contributed by atoms with E-state index in [2.05, 4.69) is 36.0 Å². The molecule has 1 aromatic carbocycles. The van der Waals surface area contributed by atoms with Crippen molar-refractivity contribution >= 4 is 29.3 Å². The molecular weight excluding hydrogens is 492 g/mol. The van der Waals surface area contributed by atoms with E-state index in [0.717, 1.165) is 35.6 Å². The number of carbonyl (C=O) groups excluding carboxylic acids is 4. The molecule has 3 rings (SSSR count). The van der Waals surface area contributed by atoms with Gasteiger partial charge in [0.25, 0.3) is 11.8 Å². The molecule has 8 heteroatoms. The van der Waals surface area contributed by atoms with Gasteiger partial charge in [0.15, 0.2) is 0 Å². The third kappa shape index (κ3) is 7.86. The average Bonchev–Trinajstić information content (AvgIpc) is 3.19. The van der Waals surface area contributed by atoms with Crippen LogP contribution in [0.2, 0.25) is 0 Å². The van der Waals surface area contributed by atoms with Gasteiger partial charge in [-0.05, 0) is 42.7 Å². The van der Waals surface area contributed by atoms with Crippen molar-refractivity contribution in [1.82, 2.24) is 15.5 Å². The molecular formula is C31H40N4O4. The zero-order valence-corrected chi connectivity index (χ0v) is 22.9. The molecule has 1 fully saturated rings. The van der Waals surface area contributed by atoms with E-state index in [0.29, 0.717) is 12.2 Å². The Morgan fingerprint density at radius 3 is 2.36 bits per heavy atom. The number of piperidine rings is 1. The molecule has 1 saturated heterocycles. The molecule has 39 heavy (non-hydrogen) atoms. The highest BCUT2D eigenvalue weighted by atomic mass is 16.2. The van der Waals surface area contributed by atoms with E-state index in [1.54, 1.807) is 24.3 Å². The first-order valence-corrected chi connectivity index (χ1v) is 13.8. The summed E-state index contributed by atoms with van der Waals surface area (Å²) in [6.07, 6.45) is 15.3. The molecule has 4 amide bonds. The van der Waals surface area contributed by atoms with E-state index in [9.17, 15) is 19.2 Å². The molecule has 8 nitrogen and oxygen atoms in total. The van der Waals surface area contributed by atoms with Crippen LogP contribution in [0.3, 0.4) is 0 Å². The van der Waals surface area contributed by atoms with Crippen molar-refractivity contribution in [2.24, 2.45) is 0 Å². The van der Waals surface area contributed by atoms with E-state index in [-0.39, 0.29) is 24.0 Å². The SMILES string of the molecule is C=C/C(=C\C=C(/C=C)CNc1cccc2c1C(=O)N(C1CCC(=O)NC1=O)C2=O)CNCCCCCCCC. The Morgan fingerprint density at radius 1 is 0.974 bits per heavy atom. The lowest BCUT2D eigenvalue weighted by Crippen LogP contribution is -2.54. The zero-order valence-electron chi connectivity index (χ0n) is 22.9. The second-order valence-corrected chi connectivity index (χ2v) is 9.86. The molecule has 2 aliphatic rings. The first kappa shape index (κ1) is 29.8. The first-order chi connectivity index (χ1) is 18.9. The minimum absolute atomic E-state index is 0.0805. The average molecular weight is 533 g/mol. The Balaban J connectivity index is 1.60. The van der Waals surface area contributed by atoms with Crippen molar-refractivity contribution in [2.45, 2.75) is 64.3 Å². The van der Waals surface area contributed by atoms with Gasteiger partial charge in [-0.1, -0.05) is 82.6 Å². The minimum Gasteiger partial charge on any atom is -0.380 e. The number of nitrogens with one attached hydrogen (secondary N) is 3. The van der Waals surface area contributed by atoms with Gasteiger partial charge in [0.05, 0.1) is 11.1 Å². The summed E-state index contributed by atoms with van der Waals surface area (Å²) < 4.78 is 0. The van der Waals surface area contributed by atoms with Crippen LogP contribution in [0.4, 0.5) is 5.69 Å². The third-order valence-corrected chi connectivity index (χ3v) is 7.02. The smallest absolute Gasteiger partial charge is 0.264 e. The molecule has 3 N–H and O–H groups in total. The largest absolute Gasteiger partial charge is 0.380 e. The summed E-state index contributed by atoms with van der Waals surface area (Å²) in [5.74, 6) is -2.10. The summed E-state index contributed by atoms with van der Waals surface area (Å²) >= 11 is 0. The number of benzene rings is 1. The number of fused-ring (bicyclic) bond motifs is 1. The van der Waals surface area contributed by atoms with Crippen LogP contribution in [0.15, 0.2) is 66.8 Å². The second kappa shape index (κ2) is 15.0. The fourth-order valence-electron chi connectivity index (χ4n) is 4.73. The van der Waals surface area contributed by atoms with Crippen molar-refractivity contribution < 1.29 is 19.2 Å². The van der Waals surface area contributed by atoms with Crippen LogP contribution in [-0.4, -0.2) is 54.2 Å². The van der Waals surface area contributed by atoms with E-state index in [1.165, 1.54) is 32.1 Å². The van der Waals surface area contributed by atoms with Crippen LogP contribution in [0.5, 0.6) is 0 Å². The summed E-state index contributed by atoms with van der Waals surface area (Å²) in [5.41, 5.74) is 2.92. The molecule has 208 valence electrons. The Hall–Kier alpha value is -3.78. The van der Waals surface area contributed by atoms with Crippen LogP contribution >= 0.6 is 0 Å². The Kier molecular flexibility index (Phi) is 11.4. The molecule has 2 heterocycles. The fraction of sp³-hybridized carbons (Fsp3) is 0.419. The first-order valence-electron chi connectivity index (χ1n) is 13.8. The number of imide groups is 2. The van der Waals surface area contributed by atoms with E-state index in [1.807, 2.05) is 18.2 Å². The van der Waals surface area contributed by atoms with Crippen molar-refractivity contribution in [3.05, 3.63) is 77.9 Å². The second-order valence-electron chi connectivity index (χ2n) is 9.86. The number of hydrogen-bond donors (Lipinski definition) is 3. The van der Waals surface area contributed by atoms with Gasteiger partial charge in [0.2, 0.25) is 11.8 Å². The van der Waals surface area contributed by atoms with Gasteiger partial charge in [-0.15, -0.1) is 0 Å². The summed E-state index contributed by atoms with van der Waals surface area (Å²) in [6, 6.07) is 4.01. The highest BCUT2D eigenvalue weighted by molar-refractivity contribution is 6.25. The highest BCUT2D eigenvalue weighted by Crippen LogP contribution is 2.32. The van der Waals surface area contributed by atoms with Crippen molar-refractivity contribution in [1.29, 1.82) is 0 Å². The molecule has 1 aromatic rings. The third-order valence-electron chi connectivity index (χ3n) is 7.02. The summed E-state index contributed by atoms with van der Waals surface area (Å²) in [4.78, 5) is 51.1. The maximum atomic E-state index is 13.3. The van der Waals surface area contributed by atoms with Gasteiger partial charge in [0.1, 0.15) is 6.04 Å². The number of rotatable bonds is 16. The maximum absolute atomic E-state index is 13.3. The monoisotopic (exact) mass is 532 g/mol. The number of unbranched alkanes of at least 4 members (excludes halogenated alkanes) is 5. The topological polar surface area (TPSA) is 108 Å². The maximum Gasteiger partial charge on any atom is 0.264 e. The number of carbonyl (C=O) groups is 4. The van der Waals surface area contributed by atoms with E-state index < -0.39 is 29.7 Å². The molecule has 0 aliphatic carbocycles. The van der Waals surface area contributed by atoms with Gasteiger partial charge in [-0.3, -0.25) is 29.4 Å². The Bertz CT molecular complexity index is 1170. The van der Waals surface area contributed by atoms with Gasteiger partial charge in [-0.2, -0.15) is 0 Å². The quantitative estimate of drug-likeness (QED) is 0.162. The molecule has 0 aromatic heterocycles. The lowest BCUT2D eigenvalue weighted by Gasteiger charge is -2.27. The fourth-order valence-corrected chi connectivity index (χ4v) is 4.73. The number of allylic oxidation sites excluding steroid dienone is 2. The van der Waals surface area contributed by atoms with Crippen LogP contribution < -0.4 is 16.0 Å². The van der Waals surface area contributed by atoms with Crippen LogP contribution in [0.25, 0.3) is 0 Å². The lowest BCUT2D eigenvalue weighted by atomic mass is 10.0. The minimum atomic E-state index is -0.997. The van der Waals surface area contributed by atoms with E-state index >= 15 is 0 Å². The van der Waals surface area contributed by atoms with Crippen LogP contribution in [-0.2, 0) is 9.59 Å². The predicted octanol–water partition coefficient (Wildman–Crippen LogP) is 4.67. The lowest BCUT2D eigenvalue weighted by molar-refractivity contribution is -0.136. The normalized spacial score (nSPS) is 17.8. The van der Waals surface area contributed by atoms with Gasteiger partial charge >= 0.3 is 0 Å². The standard InChI is InChI=1S/C31H40N4O4/c1-4-7-8-9-10-11-19-32-20-22(5-2)15-16-23(6-3)21-33-25-14-12-13-24-28(25)31(39)35(30(24)38)26-17-18-27(36)34-29(26)37/h5-6,12-16,26,32-33H,2-4,7-11,17-21H2,1H3,(H,34,36,37)/b22-15+,23-16+. The van der Waals surface area contributed by atoms with Gasteiger partial charge < -0.3 is 10.6 Å². The van der Waals surface area contributed by atoms with Gasteiger partial charge in [-0.25, -0.2) is 0 Å². The number of amides is 4. The van der Waals surface area contributed by atoms with Gasteiger partial charge in [0, 0.05) is 25.2 Å². The Labute approximate surface area is 231 Å². The van der Waals surface area contributed by atoms with Crippen molar-refractivity contribution in [2.75, 3.05) is 25.0 Å². The zero-order chi connectivity index (χ0) is 28.2. The Morgan fingerprint density at radius 2 is 1.67 bits per heavy atom. The molecule has 0 radical (unpaired) electrons. The molecule has 0 bridgehead atoms.